The number of phenolic OH excluding ortho intramolecular Hbond substituents is 1. The van der Waals surface area contributed by atoms with Gasteiger partial charge in [0, 0.05) is 28.5 Å². The van der Waals surface area contributed by atoms with Crippen molar-refractivity contribution < 1.29 is 9.90 Å². The Bertz CT molecular complexity index is 863. The summed E-state index contributed by atoms with van der Waals surface area (Å²) in [7, 11) is 0. The Morgan fingerprint density at radius 3 is 2.61 bits per heavy atom. The number of amides is 1. The van der Waals surface area contributed by atoms with Crippen molar-refractivity contribution in [1.29, 1.82) is 0 Å². The topological polar surface area (TPSA) is 62.2 Å². The summed E-state index contributed by atoms with van der Waals surface area (Å²) in [5.74, 6) is -0.0804. The number of pyridine rings is 1. The number of hydrogen-bond acceptors (Lipinski definition) is 3. The number of carbonyl (C=O) groups is 1. The van der Waals surface area contributed by atoms with Crippen LogP contribution >= 0.6 is 15.9 Å². The highest BCUT2D eigenvalue weighted by Crippen LogP contribution is 2.34. The van der Waals surface area contributed by atoms with Crippen molar-refractivity contribution >= 4 is 32.7 Å². The van der Waals surface area contributed by atoms with Crippen LogP contribution in [0.3, 0.4) is 0 Å². The summed E-state index contributed by atoms with van der Waals surface area (Å²) in [6.07, 6.45) is 1.64. The minimum Gasteiger partial charge on any atom is -0.505 e. The van der Waals surface area contributed by atoms with Gasteiger partial charge in [-0.25, -0.2) is 0 Å². The molecule has 4 nitrogen and oxygen atoms in total. The molecule has 2 N–H and O–H groups in total. The molecule has 3 aromatic rings. The molecule has 1 atom stereocenters. The Labute approximate surface area is 142 Å². The van der Waals surface area contributed by atoms with Crippen molar-refractivity contribution in [2.45, 2.75) is 13.0 Å². The van der Waals surface area contributed by atoms with Crippen LogP contribution in [-0.4, -0.2) is 16.0 Å². The predicted octanol–water partition coefficient (Wildman–Crippen LogP) is 3.93. The first-order valence-corrected chi connectivity index (χ1v) is 7.94. The van der Waals surface area contributed by atoms with E-state index in [1.807, 2.05) is 48.5 Å². The standard InChI is InChI=1S/C18H15BrN2O2/c1-11(22)21-16(13-4-7-14(19)8-5-13)15-9-6-12-3-2-10-20-17(12)18(15)23/h2-10,16,23H,1H3,(H,21,22)/t16-/m0/s1. The Hall–Kier alpha value is -2.40. The summed E-state index contributed by atoms with van der Waals surface area (Å²) in [5.41, 5.74) is 2.03. The van der Waals surface area contributed by atoms with E-state index >= 15 is 0 Å². The van der Waals surface area contributed by atoms with E-state index in [1.165, 1.54) is 6.92 Å². The maximum Gasteiger partial charge on any atom is 0.217 e. The van der Waals surface area contributed by atoms with E-state index in [2.05, 4.69) is 26.2 Å². The van der Waals surface area contributed by atoms with Gasteiger partial charge in [-0.2, -0.15) is 0 Å². The second-order valence-corrected chi connectivity index (χ2v) is 6.18. The molecular formula is C18H15BrN2O2. The van der Waals surface area contributed by atoms with Gasteiger partial charge in [0.05, 0.1) is 6.04 Å². The number of aromatic hydroxyl groups is 1. The van der Waals surface area contributed by atoms with Crippen LogP contribution in [0.15, 0.2) is 59.2 Å². The van der Waals surface area contributed by atoms with E-state index in [0.717, 1.165) is 15.4 Å². The zero-order valence-corrected chi connectivity index (χ0v) is 14.0. The fraction of sp³-hybridized carbons (Fsp3) is 0.111. The molecule has 0 bridgehead atoms. The smallest absolute Gasteiger partial charge is 0.217 e. The fourth-order valence-corrected chi connectivity index (χ4v) is 2.84. The molecule has 2 aromatic carbocycles. The summed E-state index contributed by atoms with van der Waals surface area (Å²) < 4.78 is 0.951. The van der Waals surface area contributed by atoms with Gasteiger partial charge in [-0.3, -0.25) is 9.78 Å². The number of rotatable bonds is 3. The molecule has 0 saturated carbocycles. The lowest BCUT2D eigenvalue weighted by Crippen LogP contribution is -2.27. The monoisotopic (exact) mass is 370 g/mol. The fourth-order valence-electron chi connectivity index (χ4n) is 2.58. The van der Waals surface area contributed by atoms with Gasteiger partial charge in [0.2, 0.25) is 5.91 Å². The van der Waals surface area contributed by atoms with Gasteiger partial charge in [0.1, 0.15) is 11.3 Å². The molecular weight excluding hydrogens is 356 g/mol. The van der Waals surface area contributed by atoms with Crippen LogP contribution in [0.4, 0.5) is 0 Å². The number of nitrogens with one attached hydrogen (secondary N) is 1. The number of hydrogen-bond donors (Lipinski definition) is 2. The van der Waals surface area contributed by atoms with Crippen molar-refractivity contribution in [3.05, 3.63) is 70.3 Å². The molecule has 1 heterocycles. The predicted molar refractivity (Wildman–Crippen MR) is 93.2 cm³/mol. The van der Waals surface area contributed by atoms with Crippen LogP contribution in [0.1, 0.15) is 24.1 Å². The lowest BCUT2D eigenvalue weighted by Gasteiger charge is -2.20. The van der Waals surface area contributed by atoms with Gasteiger partial charge in [0.25, 0.3) is 0 Å². The van der Waals surface area contributed by atoms with Crippen LogP contribution in [0.2, 0.25) is 0 Å². The summed E-state index contributed by atoms with van der Waals surface area (Å²) >= 11 is 3.40. The lowest BCUT2D eigenvalue weighted by atomic mass is 9.96. The van der Waals surface area contributed by atoms with Gasteiger partial charge in [-0.15, -0.1) is 0 Å². The van der Waals surface area contributed by atoms with Crippen molar-refractivity contribution in [3.63, 3.8) is 0 Å². The largest absolute Gasteiger partial charge is 0.505 e. The van der Waals surface area contributed by atoms with Crippen molar-refractivity contribution in [3.8, 4) is 5.75 Å². The van der Waals surface area contributed by atoms with Gasteiger partial charge >= 0.3 is 0 Å². The van der Waals surface area contributed by atoms with Gasteiger partial charge in [-0.05, 0) is 23.8 Å². The van der Waals surface area contributed by atoms with Gasteiger partial charge < -0.3 is 10.4 Å². The number of halogens is 1. The van der Waals surface area contributed by atoms with Crippen LogP contribution in [0, 0.1) is 0 Å². The number of carbonyl (C=O) groups excluding carboxylic acids is 1. The van der Waals surface area contributed by atoms with Gasteiger partial charge in [0.15, 0.2) is 0 Å². The Kier molecular flexibility index (Phi) is 4.30. The second-order valence-electron chi connectivity index (χ2n) is 5.26. The zero-order valence-electron chi connectivity index (χ0n) is 12.5. The molecule has 0 fully saturated rings. The van der Waals surface area contributed by atoms with E-state index in [1.54, 1.807) is 6.20 Å². The van der Waals surface area contributed by atoms with Crippen LogP contribution in [-0.2, 0) is 4.79 Å². The Morgan fingerprint density at radius 1 is 1.17 bits per heavy atom. The first-order chi connectivity index (χ1) is 11.1. The zero-order chi connectivity index (χ0) is 16.4. The highest BCUT2D eigenvalue weighted by atomic mass is 79.9. The number of phenols is 1. The lowest BCUT2D eigenvalue weighted by molar-refractivity contribution is -0.119. The first kappa shape index (κ1) is 15.5. The third-order valence-corrected chi connectivity index (χ3v) is 4.17. The molecule has 0 aliphatic rings. The average molecular weight is 371 g/mol. The molecule has 0 aliphatic carbocycles. The van der Waals surface area contributed by atoms with E-state index < -0.39 is 6.04 Å². The first-order valence-electron chi connectivity index (χ1n) is 7.15. The molecule has 0 radical (unpaired) electrons. The van der Waals surface area contributed by atoms with Crippen LogP contribution in [0.25, 0.3) is 10.9 Å². The van der Waals surface area contributed by atoms with Crippen LogP contribution < -0.4 is 5.32 Å². The summed E-state index contributed by atoms with van der Waals surface area (Å²) in [5, 5.41) is 14.4. The highest BCUT2D eigenvalue weighted by Gasteiger charge is 2.20. The number of nitrogens with zero attached hydrogens (tertiary/aromatic N) is 1. The molecule has 0 aliphatic heterocycles. The highest BCUT2D eigenvalue weighted by molar-refractivity contribution is 9.10. The van der Waals surface area contributed by atoms with E-state index in [4.69, 9.17) is 0 Å². The quantitative estimate of drug-likeness (QED) is 0.734. The maximum atomic E-state index is 11.6. The molecule has 23 heavy (non-hydrogen) atoms. The minimum atomic E-state index is -0.438. The summed E-state index contributed by atoms with van der Waals surface area (Å²) in [6, 6.07) is 14.6. The van der Waals surface area contributed by atoms with Crippen molar-refractivity contribution in [1.82, 2.24) is 10.3 Å². The molecule has 0 saturated heterocycles. The van der Waals surface area contributed by atoms with Gasteiger partial charge in [-0.1, -0.05) is 46.3 Å². The number of fused-ring (bicyclic) bond motifs is 1. The minimum absolute atomic E-state index is 0.0877. The molecule has 1 aromatic heterocycles. The molecule has 1 amide bonds. The normalized spacial score (nSPS) is 12.1. The third-order valence-electron chi connectivity index (χ3n) is 3.64. The third kappa shape index (κ3) is 3.19. The van der Waals surface area contributed by atoms with E-state index in [0.29, 0.717) is 11.1 Å². The SMILES string of the molecule is CC(=O)N[C@@H](c1ccc(Br)cc1)c1ccc2cccnc2c1O. The van der Waals surface area contributed by atoms with Crippen molar-refractivity contribution in [2.75, 3.05) is 0 Å². The van der Waals surface area contributed by atoms with E-state index in [-0.39, 0.29) is 11.7 Å². The number of aromatic nitrogens is 1. The summed E-state index contributed by atoms with van der Waals surface area (Å²) in [4.78, 5) is 15.9. The average Bonchev–Trinajstić information content (AvgIpc) is 2.54. The molecule has 5 heteroatoms. The molecule has 0 spiro atoms. The summed E-state index contributed by atoms with van der Waals surface area (Å²) in [6.45, 7) is 1.46. The molecule has 0 unspecified atom stereocenters. The maximum absolute atomic E-state index is 11.6. The molecule has 3 rings (SSSR count). The van der Waals surface area contributed by atoms with Crippen LogP contribution in [0.5, 0.6) is 5.75 Å². The van der Waals surface area contributed by atoms with Crippen molar-refractivity contribution in [2.24, 2.45) is 0 Å². The Morgan fingerprint density at radius 2 is 1.91 bits per heavy atom. The Balaban J connectivity index is 2.14. The second kappa shape index (κ2) is 6.38. The molecule has 116 valence electrons. The van der Waals surface area contributed by atoms with E-state index in [9.17, 15) is 9.90 Å². The number of benzene rings is 2.